The Balaban J connectivity index is 1.82. The standard InChI is InChI=1S/C20H16N2O6/c1-13-7-9-15(10-8-13)21-19(23)18(14-5-3-2-4-6-14)28-20(24)16-11-12-17(27-16)22(25)26/h2-12,18H,1H3,(H,21,23)/t18-/m1/s1. The molecule has 3 rings (SSSR count). The van der Waals surface area contributed by atoms with E-state index in [4.69, 9.17) is 9.15 Å². The van der Waals surface area contributed by atoms with Gasteiger partial charge in [-0.25, -0.2) is 4.79 Å². The molecule has 0 spiro atoms. The molecule has 1 N–H and O–H groups in total. The van der Waals surface area contributed by atoms with Gasteiger partial charge in [0.1, 0.15) is 4.92 Å². The van der Waals surface area contributed by atoms with Crippen LogP contribution >= 0.6 is 0 Å². The number of esters is 1. The van der Waals surface area contributed by atoms with Crippen molar-refractivity contribution in [3.8, 4) is 0 Å². The fraction of sp³-hybridized carbons (Fsp3) is 0.100. The maximum atomic E-state index is 12.8. The van der Waals surface area contributed by atoms with Gasteiger partial charge in [0.25, 0.3) is 5.91 Å². The average Bonchev–Trinajstić information content (AvgIpc) is 3.19. The molecule has 28 heavy (non-hydrogen) atoms. The van der Waals surface area contributed by atoms with Crippen molar-refractivity contribution in [2.45, 2.75) is 13.0 Å². The zero-order valence-corrected chi connectivity index (χ0v) is 14.8. The second-order valence-corrected chi connectivity index (χ2v) is 5.95. The van der Waals surface area contributed by atoms with E-state index in [9.17, 15) is 19.7 Å². The Labute approximate surface area is 159 Å². The summed E-state index contributed by atoms with van der Waals surface area (Å²) in [6.07, 6.45) is -1.26. The summed E-state index contributed by atoms with van der Waals surface area (Å²) in [4.78, 5) is 35.0. The number of ether oxygens (including phenoxy) is 1. The van der Waals surface area contributed by atoms with E-state index in [0.29, 0.717) is 11.3 Å². The third-order valence-corrected chi connectivity index (χ3v) is 3.86. The SMILES string of the molecule is Cc1ccc(NC(=O)[C@H](OC(=O)c2ccc([N+](=O)[O-])o2)c2ccccc2)cc1. The molecule has 8 nitrogen and oxygen atoms in total. The van der Waals surface area contributed by atoms with E-state index >= 15 is 0 Å². The zero-order valence-electron chi connectivity index (χ0n) is 14.8. The molecule has 1 atom stereocenters. The maximum absolute atomic E-state index is 12.8. The fourth-order valence-corrected chi connectivity index (χ4v) is 2.45. The van der Waals surface area contributed by atoms with Crippen LogP contribution in [0.25, 0.3) is 0 Å². The van der Waals surface area contributed by atoms with Gasteiger partial charge in [-0.1, -0.05) is 48.0 Å². The Kier molecular flexibility index (Phi) is 5.50. The molecule has 142 valence electrons. The van der Waals surface area contributed by atoms with Crippen LogP contribution in [0.15, 0.2) is 71.1 Å². The van der Waals surface area contributed by atoms with Crippen LogP contribution in [0.3, 0.4) is 0 Å². The van der Waals surface area contributed by atoms with Crippen molar-refractivity contribution in [3.05, 3.63) is 93.7 Å². The predicted octanol–water partition coefficient (Wildman–Crippen LogP) is 4.03. The fourth-order valence-electron chi connectivity index (χ4n) is 2.45. The average molecular weight is 380 g/mol. The highest BCUT2D eigenvalue weighted by Crippen LogP contribution is 2.24. The number of hydrogen-bond donors (Lipinski definition) is 1. The molecule has 1 heterocycles. The van der Waals surface area contributed by atoms with Crippen molar-refractivity contribution in [2.75, 3.05) is 5.32 Å². The van der Waals surface area contributed by atoms with Gasteiger partial charge in [0, 0.05) is 11.3 Å². The van der Waals surface area contributed by atoms with Gasteiger partial charge >= 0.3 is 11.9 Å². The van der Waals surface area contributed by atoms with Gasteiger partial charge in [-0.3, -0.25) is 14.9 Å². The lowest BCUT2D eigenvalue weighted by molar-refractivity contribution is -0.402. The number of anilines is 1. The summed E-state index contributed by atoms with van der Waals surface area (Å²) in [5.41, 5.74) is 2.02. The Morgan fingerprint density at radius 3 is 2.32 bits per heavy atom. The summed E-state index contributed by atoms with van der Waals surface area (Å²) in [7, 11) is 0. The zero-order chi connectivity index (χ0) is 20.1. The van der Waals surface area contributed by atoms with E-state index in [0.717, 1.165) is 17.7 Å². The topological polar surface area (TPSA) is 112 Å². The number of nitro groups is 1. The number of carbonyl (C=O) groups is 2. The van der Waals surface area contributed by atoms with Crippen molar-refractivity contribution in [3.63, 3.8) is 0 Å². The van der Waals surface area contributed by atoms with Crippen LogP contribution in [0.2, 0.25) is 0 Å². The lowest BCUT2D eigenvalue weighted by atomic mass is 10.1. The number of aryl methyl sites for hydroxylation is 1. The van der Waals surface area contributed by atoms with Crippen molar-refractivity contribution in [2.24, 2.45) is 0 Å². The number of benzene rings is 2. The minimum Gasteiger partial charge on any atom is -0.441 e. The largest absolute Gasteiger partial charge is 0.441 e. The summed E-state index contributed by atoms with van der Waals surface area (Å²) in [5, 5.41) is 13.4. The van der Waals surface area contributed by atoms with Crippen LogP contribution in [0.4, 0.5) is 11.6 Å². The van der Waals surface area contributed by atoms with E-state index in [-0.39, 0.29) is 5.76 Å². The van der Waals surface area contributed by atoms with Crippen molar-refractivity contribution in [1.82, 2.24) is 0 Å². The van der Waals surface area contributed by atoms with Crippen LogP contribution in [0.1, 0.15) is 27.8 Å². The quantitative estimate of drug-likeness (QED) is 0.392. The normalized spacial score (nSPS) is 11.5. The number of furan rings is 1. The second-order valence-electron chi connectivity index (χ2n) is 5.95. The Hall–Kier alpha value is -3.94. The maximum Gasteiger partial charge on any atom is 0.433 e. The molecule has 2 aromatic carbocycles. The molecule has 0 bridgehead atoms. The molecule has 1 amide bonds. The molecule has 0 aliphatic heterocycles. The minimum atomic E-state index is -1.26. The number of amides is 1. The lowest BCUT2D eigenvalue weighted by Gasteiger charge is -2.17. The van der Waals surface area contributed by atoms with E-state index in [1.165, 1.54) is 0 Å². The number of carbonyl (C=O) groups excluding carboxylic acids is 2. The first-order chi connectivity index (χ1) is 13.4. The van der Waals surface area contributed by atoms with Crippen molar-refractivity contribution >= 4 is 23.4 Å². The number of rotatable bonds is 6. The van der Waals surface area contributed by atoms with Crippen molar-refractivity contribution < 1.29 is 23.7 Å². The molecular weight excluding hydrogens is 364 g/mol. The van der Waals surface area contributed by atoms with Crippen LogP contribution in [-0.2, 0) is 9.53 Å². The monoisotopic (exact) mass is 380 g/mol. The molecule has 3 aromatic rings. The minimum absolute atomic E-state index is 0.365. The molecule has 1 aromatic heterocycles. The summed E-state index contributed by atoms with van der Waals surface area (Å²) < 4.78 is 10.2. The van der Waals surface area contributed by atoms with Gasteiger partial charge in [0.2, 0.25) is 11.9 Å². The van der Waals surface area contributed by atoms with E-state index in [2.05, 4.69) is 5.32 Å². The molecule has 0 unspecified atom stereocenters. The summed E-state index contributed by atoms with van der Waals surface area (Å²) in [6, 6.07) is 17.7. The van der Waals surface area contributed by atoms with Gasteiger partial charge in [-0.05, 0) is 25.1 Å². The Morgan fingerprint density at radius 2 is 1.71 bits per heavy atom. The summed E-state index contributed by atoms with van der Waals surface area (Å²) in [6.45, 7) is 1.92. The predicted molar refractivity (Wildman–Crippen MR) is 99.8 cm³/mol. The molecule has 0 saturated heterocycles. The molecular formula is C20H16N2O6. The molecule has 0 aliphatic carbocycles. The Morgan fingerprint density at radius 1 is 1.04 bits per heavy atom. The van der Waals surface area contributed by atoms with Gasteiger partial charge in [-0.15, -0.1) is 0 Å². The highest BCUT2D eigenvalue weighted by molar-refractivity contribution is 5.97. The molecule has 0 aliphatic rings. The first kappa shape index (κ1) is 18.8. The second kappa shape index (κ2) is 8.17. The number of nitrogens with one attached hydrogen (secondary N) is 1. The molecule has 8 heteroatoms. The smallest absolute Gasteiger partial charge is 0.433 e. The molecule has 0 saturated carbocycles. The van der Waals surface area contributed by atoms with E-state index in [1.54, 1.807) is 42.5 Å². The molecule has 0 fully saturated rings. The Bertz CT molecular complexity index is 995. The highest BCUT2D eigenvalue weighted by atomic mass is 16.7. The highest BCUT2D eigenvalue weighted by Gasteiger charge is 2.28. The van der Waals surface area contributed by atoms with Gasteiger partial charge in [0.15, 0.2) is 0 Å². The first-order valence-electron chi connectivity index (χ1n) is 8.32. The summed E-state index contributed by atoms with van der Waals surface area (Å²) >= 11 is 0. The van der Waals surface area contributed by atoms with E-state index in [1.807, 2.05) is 19.1 Å². The third kappa shape index (κ3) is 4.42. The van der Waals surface area contributed by atoms with Crippen LogP contribution < -0.4 is 5.32 Å². The van der Waals surface area contributed by atoms with E-state index < -0.39 is 28.8 Å². The van der Waals surface area contributed by atoms with Crippen LogP contribution in [0, 0.1) is 17.0 Å². The summed E-state index contributed by atoms with van der Waals surface area (Å²) in [5.74, 6) is -2.51. The van der Waals surface area contributed by atoms with Gasteiger partial charge < -0.3 is 14.5 Å². The first-order valence-corrected chi connectivity index (χ1v) is 8.32. The van der Waals surface area contributed by atoms with Crippen molar-refractivity contribution in [1.29, 1.82) is 0 Å². The lowest BCUT2D eigenvalue weighted by Crippen LogP contribution is -2.25. The number of nitrogens with zero attached hydrogens (tertiary/aromatic N) is 1. The van der Waals surface area contributed by atoms with Crippen LogP contribution in [0.5, 0.6) is 0 Å². The van der Waals surface area contributed by atoms with Gasteiger partial charge in [0.05, 0.1) is 6.07 Å². The molecule has 0 radical (unpaired) electrons. The van der Waals surface area contributed by atoms with Gasteiger partial charge in [-0.2, -0.15) is 0 Å². The number of hydrogen-bond acceptors (Lipinski definition) is 6. The third-order valence-electron chi connectivity index (χ3n) is 3.86. The van der Waals surface area contributed by atoms with Crippen LogP contribution in [-0.4, -0.2) is 16.8 Å².